The van der Waals surface area contributed by atoms with Crippen LogP contribution in [-0.4, -0.2) is 29.3 Å². The van der Waals surface area contributed by atoms with Gasteiger partial charge in [0, 0.05) is 38.6 Å². The van der Waals surface area contributed by atoms with Crippen LogP contribution in [-0.2, 0) is 13.0 Å². The van der Waals surface area contributed by atoms with Crippen molar-refractivity contribution in [1.82, 2.24) is 9.47 Å². The van der Waals surface area contributed by atoms with Crippen molar-refractivity contribution < 1.29 is 4.79 Å². The Kier molecular flexibility index (Phi) is 3.88. The van der Waals surface area contributed by atoms with Gasteiger partial charge in [-0.15, -0.1) is 0 Å². The van der Waals surface area contributed by atoms with Crippen LogP contribution in [0.15, 0.2) is 48.3 Å². The highest BCUT2D eigenvalue weighted by Gasteiger charge is 2.25. The van der Waals surface area contributed by atoms with Crippen LogP contribution in [0.4, 0.5) is 0 Å². The van der Waals surface area contributed by atoms with Crippen molar-refractivity contribution in [3.05, 3.63) is 70.7 Å². The van der Waals surface area contributed by atoms with Gasteiger partial charge in [-0.25, -0.2) is 0 Å². The van der Waals surface area contributed by atoms with Crippen molar-refractivity contribution in [1.29, 1.82) is 0 Å². The fraction of sp³-hybridized carbons (Fsp3) is 0.316. The van der Waals surface area contributed by atoms with E-state index in [9.17, 15) is 4.79 Å². The number of fused-ring (bicyclic) bond motifs is 1. The molecule has 0 spiro atoms. The number of benzene rings is 1. The lowest BCUT2D eigenvalue weighted by atomic mass is 9.92. The van der Waals surface area contributed by atoms with E-state index in [0.29, 0.717) is 0 Å². The van der Waals surface area contributed by atoms with Crippen molar-refractivity contribution >= 4 is 5.78 Å². The molecular formula is C19H22N2O. The van der Waals surface area contributed by atoms with Crippen LogP contribution in [0.5, 0.6) is 0 Å². The van der Waals surface area contributed by atoms with Crippen LogP contribution >= 0.6 is 0 Å². The number of allylic oxidation sites excluding steroid dienone is 1. The summed E-state index contributed by atoms with van der Waals surface area (Å²) in [6.07, 6.45) is 5.77. The predicted molar refractivity (Wildman–Crippen MR) is 89.1 cm³/mol. The van der Waals surface area contributed by atoms with E-state index in [1.165, 1.54) is 16.7 Å². The first-order chi connectivity index (χ1) is 10.5. The fourth-order valence-corrected chi connectivity index (χ4v) is 2.99. The zero-order chi connectivity index (χ0) is 15.7. The van der Waals surface area contributed by atoms with Crippen LogP contribution in [0, 0.1) is 6.92 Å². The number of aryl methyl sites for hydroxylation is 2. The molecule has 0 bridgehead atoms. The number of carbonyl (C=O) groups is 1. The van der Waals surface area contributed by atoms with E-state index in [-0.39, 0.29) is 5.78 Å². The van der Waals surface area contributed by atoms with E-state index in [1.54, 1.807) is 0 Å². The van der Waals surface area contributed by atoms with E-state index < -0.39 is 0 Å². The normalized spacial score (nSPS) is 16.0. The largest absolute Gasteiger partial charge is 0.383 e. The molecule has 22 heavy (non-hydrogen) atoms. The van der Waals surface area contributed by atoms with E-state index in [1.807, 2.05) is 31.4 Å². The van der Waals surface area contributed by atoms with Gasteiger partial charge < -0.3 is 9.47 Å². The average Bonchev–Trinajstić information content (AvgIpc) is 2.88. The van der Waals surface area contributed by atoms with Gasteiger partial charge in [0.1, 0.15) is 0 Å². The summed E-state index contributed by atoms with van der Waals surface area (Å²) in [6.45, 7) is 2.83. The second-order valence-electron chi connectivity index (χ2n) is 6.25. The summed E-state index contributed by atoms with van der Waals surface area (Å²) in [5, 5.41) is 0. The summed E-state index contributed by atoms with van der Waals surface area (Å²) < 4.78 is 2.09. The van der Waals surface area contributed by atoms with Crippen molar-refractivity contribution in [3.8, 4) is 0 Å². The molecule has 0 aliphatic heterocycles. The third-order valence-electron chi connectivity index (χ3n) is 4.11. The Morgan fingerprint density at radius 2 is 1.86 bits per heavy atom. The van der Waals surface area contributed by atoms with Crippen molar-refractivity contribution in [2.75, 3.05) is 14.1 Å². The lowest BCUT2D eigenvalue weighted by Gasteiger charge is -2.19. The minimum Gasteiger partial charge on any atom is -0.383 e. The first kappa shape index (κ1) is 14.6. The summed E-state index contributed by atoms with van der Waals surface area (Å²) in [5.41, 5.74) is 5.42. The molecule has 0 saturated heterocycles. The van der Waals surface area contributed by atoms with E-state index in [2.05, 4.69) is 41.8 Å². The maximum atomic E-state index is 12.8. The van der Waals surface area contributed by atoms with Crippen LogP contribution in [0.25, 0.3) is 0 Å². The quantitative estimate of drug-likeness (QED) is 0.810. The third-order valence-corrected chi connectivity index (χ3v) is 4.11. The Balaban J connectivity index is 1.92. The van der Waals surface area contributed by atoms with Gasteiger partial charge >= 0.3 is 0 Å². The smallest absolute Gasteiger partial charge is 0.207 e. The molecule has 3 heteroatoms. The molecule has 1 aliphatic carbocycles. The second kappa shape index (κ2) is 5.84. The minimum atomic E-state index is 0.173. The Bertz CT molecular complexity index is 720. The summed E-state index contributed by atoms with van der Waals surface area (Å²) in [5.74, 6) is 0.173. The molecule has 0 N–H and O–H groups in total. The molecule has 3 nitrogen and oxygen atoms in total. The molecule has 2 aromatic rings. The Labute approximate surface area is 131 Å². The molecule has 1 aromatic heterocycles. The molecule has 0 fully saturated rings. The molecule has 0 saturated carbocycles. The summed E-state index contributed by atoms with van der Waals surface area (Å²) in [7, 11) is 3.92. The number of Topliss-reactive ketones (excluding diaryl/α,β-unsaturated/α-hetero) is 1. The Morgan fingerprint density at radius 3 is 2.55 bits per heavy atom. The number of hydrogen-bond acceptors (Lipinski definition) is 2. The molecule has 1 aliphatic rings. The number of aromatic nitrogens is 1. The maximum absolute atomic E-state index is 12.8. The van der Waals surface area contributed by atoms with Crippen molar-refractivity contribution in [2.24, 2.45) is 0 Å². The van der Waals surface area contributed by atoms with Crippen molar-refractivity contribution in [2.45, 2.75) is 26.3 Å². The monoisotopic (exact) mass is 294 g/mol. The molecule has 1 aromatic carbocycles. The molecule has 1 heterocycles. The first-order valence-corrected chi connectivity index (χ1v) is 7.70. The van der Waals surface area contributed by atoms with Gasteiger partial charge in [0.25, 0.3) is 0 Å². The molecular weight excluding hydrogens is 272 g/mol. The molecule has 0 amide bonds. The zero-order valence-corrected chi connectivity index (χ0v) is 13.5. The van der Waals surface area contributed by atoms with Crippen LogP contribution in [0.3, 0.4) is 0 Å². The van der Waals surface area contributed by atoms with Crippen LogP contribution in [0.1, 0.15) is 33.6 Å². The SMILES string of the molecule is Cc1ccc(Cn2ccc3c2C(=O)/C(=C/N(C)C)CC3)cc1. The number of rotatable bonds is 3. The standard InChI is InChI=1S/C19H22N2O/c1-14-4-6-15(7-5-14)12-21-11-10-16-8-9-17(13-20(2)3)19(22)18(16)21/h4-7,10-11,13H,8-9,12H2,1-3H3/b17-13+. The lowest BCUT2D eigenvalue weighted by Crippen LogP contribution is -2.20. The predicted octanol–water partition coefficient (Wildman–Crippen LogP) is 3.42. The van der Waals surface area contributed by atoms with Gasteiger partial charge in [-0.3, -0.25) is 4.79 Å². The van der Waals surface area contributed by atoms with E-state index in [4.69, 9.17) is 0 Å². The number of nitrogens with zero attached hydrogens (tertiary/aromatic N) is 2. The Morgan fingerprint density at radius 1 is 1.14 bits per heavy atom. The molecule has 0 radical (unpaired) electrons. The number of carbonyl (C=O) groups excluding carboxylic acids is 1. The maximum Gasteiger partial charge on any atom is 0.207 e. The highest BCUT2D eigenvalue weighted by molar-refractivity contribution is 6.09. The topological polar surface area (TPSA) is 25.2 Å². The van der Waals surface area contributed by atoms with E-state index in [0.717, 1.165) is 30.7 Å². The highest BCUT2D eigenvalue weighted by Crippen LogP contribution is 2.27. The average molecular weight is 294 g/mol. The van der Waals surface area contributed by atoms with Crippen LogP contribution < -0.4 is 0 Å². The summed E-state index contributed by atoms with van der Waals surface area (Å²) >= 11 is 0. The van der Waals surface area contributed by atoms with Gasteiger partial charge in [0.05, 0.1) is 5.69 Å². The minimum absolute atomic E-state index is 0.173. The first-order valence-electron chi connectivity index (χ1n) is 7.70. The third kappa shape index (κ3) is 2.84. The Hall–Kier alpha value is -2.29. The molecule has 3 rings (SSSR count). The molecule has 0 unspecified atom stereocenters. The number of ketones is 1. The lowest BCUT2D eigenvalue weighted by molar-refractivity contribution is 0.101. The van der Waals surface area contributed by atoms with Gasteiger partial charge in [-0.2, -0.15) is 0 Å². The number of hydrogen-bond donors (Lipinski definition) is 0. The second-order valence-corrected chi connectivity index (χ2v) is 6.25. The zero-order valence-electron chi connectivity index (χ0n) is 13.5. The van der Waals surface area contributed by atoms with Crippen molar-refractivity contribution in [3.63, 3.8) is 0 Å². The van der Waals surface area contributed by atoms with Gasteiger partial charge in [0.2, 0.25) is 5.78 Å². The van der Waals surface area contributed by atoms with Gasteiger partial charge in [-0.1, -0.05) is 29.8 Å². The van der Waals surface area contributed by atoms with Gasteiger partial charge in [-0.05, 0) is 37.0 Å². The van der Waals surface area contributed by atoms with Crippen LogP contribution in [0.2, 0.25) is 0 Å². The molecule has 114 valence electrons. The van der Waals surface area contributed by atoms with Gasteiger partial charge in [0.15, 0.2) is 0 Å². The fourth-order valence-electron chi connectivity index (χ4n) is 2.99. The summed E-state index contributed by atoms with van der Waals surface area (Å²) in [4.78, 5) is 14.7. The highest BCUT2D eigenvalue weighted by atomic mass is 16.1. The summed E-state index contributed by atoms with van der Waals surface area (Å²) in [6, 6.07) is 10.6. The van der Waals surface area contributed by atoms with E-state index >= 15 is 0 Å². The molecule has 0 atom stereocenters.